The van der Waals surface area contributed by atoms with E-state index >= 15 is 0 Å². The maximum atomic E-state index is 3.81. The summed E-state index contributed by atoms with van der Waals surface area (Å²) in [5, 5.41) is 0. The molecule has 0 aromatic rings. The van der Waals surface area contributed by atoms with Crippen LogP contribution >= 0.6 is 0 Å². The lowest BCUT2D eigenvalue weighted by molar-refractivity contribution is -0.0742. The highest BCUT2D eigenvalue weighted by atomic mass is 14.7. The van der Waals surface area contributed by atoms with Gasteiger partial charge in [0.2, 0.25) is 0 Å². The lowest BCUT2D eigenvalue weighted by Crippen LogP contribution is -2.49. The van der Waals surface area contributed by atoms with Gasteiger partial charge in [0.05, 0.1) is 0 Å². The van der Waals surface area contributed by atoms with Gasteiger partial charge in [0.25, 0.3) is 0 Å². The topological polar surface area (TPSA) is 24.7 Å². The van der Waals surface area contributed by atoms with Gasteiger partial charge in [-0.15, -0.1) is 0 Å². The Labute approximate surface area is 215 Å². The summed E-state index contributed by atoms with van der Waals surface area (Å²) in [5.74, 6) is 8.61. The molecule has 9 unspecified atom stereocenters. The van der Waals surface area contributed by atoms with Crippen molar-refractivity contribution in [3.8, 4) is 0 Å². The fourth-order valence-electron chi connectivity index (χ4n) is 8.88. The van der Waals surface area contributed by atoms with Crippen molar-refractivity contribution in [3.05, 3.63) is 0 Å². The number of hydrogen-bond donors (Lipinski definition) is 0. The summed E-state index contributed by atoms with van der Waals surface area (Å²) in [4.78, 5) is 7.06. The van der Waals surface area contributed by atoms with Crippen LogP contribution in [-0.4, -0.2) is 26.5 Å². The Hall–Kier alpha value is -0.660. The zero-order valence-corrected chi connectivity index (χ0v) is 23.7. The smallest absolute Gasteiger partial charge is 0.0276 e. The predicted octanol–water partition coefficient (Wildman–Crippen LogP) is 9.77. The Morgan fingerprint density at radius 3 is 2.12 bits per heavy atom. The third-order valence-corrected chi connectivity index (χ3v) is 10.6. The van der Waals surface area contributed by atoms with Crippen LogP contribution in [0.3, 0.4) is 0 Å². The van der Waals surface area contributed by atoms with Crippen molar-refractivity contribution in [1.29, 1.82) is 0 Å². The van der Waals surface area contributed by atoms with Crippen LogP contribution in [0.2, 0.25) is 0 Å². The monoisotopic (exact) mass is 474 g/mol. The standard InChI is InChI=1S/C25H44.C4H9N.C2H5N.CH4/c1-5-7-18-8-10-20-19(16-18)9-11-22-21(20)14-15-25(4)23(17(3)6-2)12-13-24(22)25;1-4(2)5-3;1-3-2;/h17-24H,5-16H2,1-4H3;1-3H3;1H2,2H3;1H4. The zero-order valence-electron chi connectivity index (χ0n) is 23.7. The molecule has 0 radical (unpaired) electrons. The molecule has 4 aliphatic carbocycles. The average Bonchev–Trinajstić information content (AvgIpc) is 3.16. The average molecular weight is 475 g/mol. The zero-order chi connectivity index (χ0) is 24.6. The Balaban J connectivity index is 0.000000563. The van der Waals surface area contributed by atoms with Crippen molar-refractivity contribution < 1.29 is 0 Å². The fourth-order valence-corrected chi connectivity index (χ4v) is 8.88. The summed E-state index contributed by atoms with van der Waals surface area (Å²) in [7, 11) is 3.43. The Kier molecular flexibility index (Phi) is 13.6. The second-order valence-electron chi connectivity index (χ2n) is 12.5. The van der Waals surface area contributed by atoms with Gasteiger partial charge in [0.1, 0.15) is 0 Å². The normalized spacial score (nSPS) is 38.6. The highest BCUT2D eigenvalue weighted by Gasteiger charge is 2.57. The number of fused-ring (bicyclic) bond motifs is 5. The quantitative estimate of drug-likeness (QED) is 0.362. The van der Waals surface area contributed by atoms with E-state index in [1.165, 1.54) is 19.3 Å². The van der Waals surface area contributed by atoms with E-state index in [1.54, 1.807) is 71.9 Å². The summed E-state index contributed by atoms with van der Waals surface area (Å²) in [5.41, 5.74) is 1.83. The van der Waals surface area contributed by atoms with Gasteiger partial charge in [0.15, 0.2) is 0 Å². The number of rotatable bonds is 4. The third-order valence-electron chi connectivity index (χ3n) is 10.6. The Morgan fingerprint density at radius 2 is 1.56 bits per heavy atom. The Morgan fingerprint density at radius 1 is 0.941 bits per heavy atom. The molecule has 0 spiro atoms. The minimum absolute atomic E-state index is 0. The summed E-state index contributed by atoms with van der Waals surface area (Å²) in [6, 6.07) is 0. The molecule has 0 bridgehead atoms. The van der Waals surface area contributed by atoms with Gasteiger partial charge >= 0.3 is 0 Å². The molecule has 0 aromatic heterocycles. The summed E-state index contributed by atoms with van der Waals surface area (Å²) >= 11 is 0. The van der Waals surface area contributed by atoms with Crippen LogP contribution in [0.25, 0.3) is 0 Å². The van der Waals surface area contributed by atoms with Crippen molar-refractivity contribution in [2.75, 3.05) is 14.1 Å². The lowest BCUT2D eigenvalue weighted by atomic mass is 9.48. The molecule has 0 amide bonds. The van der Waals surface area contributed by atoms with E-state index < -0.39 is 0 Å². The van der Waals surface area contributed by atoms with Gasteiger partial charge in [-0.25, -0.2) is 0 Å². The van der Waals surface area contributed by atoms with E-state index in [0.29, 0.717) is 5.41 Å². The highest BCUT2D eigenvalue weighted by molar-refractivity contribution is 5.78. The first kappa shape index (κ1) is 31.4. The van der Waals surface area contributed by atoms with Crippen LogP contribution in [0.1, 0.15) is 126 Å². The summed E-state index contributed by atoms with van der Waals surface area (Å²) in [6.07, 6.45) is 18.5. The molecule has 0 aromatic carbocycles. The van der Waals surface area contributed by atoms with Crippen LogP contribution in [-0.2, 0) is 0 Å². The first-order valence-electron chi connectivity index (χ1n) is 14.5. The molecule has 0 saturated heterocycles. The maximum absolute atomic E-state index is 3.81. The molecule has 0 aliphatic heterocycles. The Bertz CT molecular complexity index is 606. The number of nitrogens with zero attached hydrogens (tertiary/aromatic N) is 2. The summed E-state index contributed by atoms with van der Waals surface area (Å²) in [6.45, 7) is 17.1. The second-order valence-corrected chi connectivity index (χ2v) is 12.5. The van der Waals surface area contributed by atoms with Crippen LogP contribution in [0, 0.1) is 52.8 Å². The first-order chi connectivity index (χ1) is 15.8. The molecule has 4 saturated carbocycles. The van der Waals surface area contributed by atoms with Gasteiger partial charge in [-0.05, 0) is 125 Å². The molecule has 4 rings (SSSR count). The molecule has 0 heterocycles. The third kappa shape index (κ3) is 7.19. The van der Waals surface area contributed by atoms with Gasteiger partial charge in [-0.3, -0.25) is 4.99 Å². The van der Waals surface area contributed by atoms with Crippen molar-refractivity contribution in [1.82, 2.24) is 0 Å². The van der Waals surface area contributed by atoms with Gasteiger partial charge < -0.3 is 4.99 Å². The lowest BCUT2D eigenvalue weighted by Gasteiger charge is -2.57. The van der Waals surface area contributed by atoms with E-state index in [4.69, 9.17) is 0 Å². The highest BCUT2D eigenvalue weighted by Crippen LogP contribution is 2.65. The van der Waals surface area contributed by atoms with E-state index in [2.05, 4.69) is 44.4 Å². The van der Waals surface area contributed by atoms with Crippen molar-refractivity contribution in [2.45, 2.75) is 126 Å². The molecule has 0 N–H and O–H groups in total. The van der Waals surface area contributed by atoms with Gasteiger partial charge in [0, 0.05) is 19.8 Å². The van der Waals surface area contributed by atoms with Crippen LogP contribution < -0.4 is 0 Å². The molecule has 2 nitrogen and oxygen atoms in total. The first-order valence-corrected chi connectivity index (χ1v) is 14.5. The minimum atomic E-state index is 0. The minimum Gasteiger partial charge on any atom is -0.304 e. The van der Waals surface area contributed by atoms with E-state index in [-0.39, 0.29) is 7.43 Å². The molecule has 4 aliphatic rings. The number of aliphatic imine (C=N–C) groups is 2. The SMILES string of the molecule is C.C=NC.CCCC1CCC2C(CCC3C2CCC2(C)C(C(C)CC)CCC32)C1.CN=C(C)C. The molecule has 2 heteroatoms. The second kappa shape index (κ2) is 14.8. The molecular formula is C32H62N2. The van der Waals surface area contributed by atoms with Crippen LogP contribution in [0.15, 0.2) is 9.98 Å². The molecule has 9 atom stereocenters. The fraction of sp³-hybridized carbons (Fsp3) is 0.938. The van der Waals surface area contributed by atoms with Crippen molar-refractivity contribution in [2.24, 2.45) is 62.7 Å². The van der Waals surface area contributed by atoms with Gasteiger partial charge in [-0.2, -0.15) is 0 Å². The van der Waals surface area contributed by atoms with Gasteiger partial charge in [-0.1, -0.05) is 60.8 Å². The largest absolute Gasteiger partial charge is 0.304 e. The predicted molar refractivity (Wildman–Crippen MR) is 155 cm³/mol. The van der Waals surface area contributed by atoms with Crippen LogP contribution in [0.4, 0.5) is 0 Å². The van der Waals surface area contributed by atoms with E-state index in [0.717, 1.165) is 53.1 Å². The van der Waals surface area contributed by atoms with E-state index in [9.17, 15) is 0 Å². The maximum Gasteiger partial charge on any atom is 0.0276 e. The van der Waals surface area contributed by atoms with Crippen molar-refractivity contribution >= 4 is 12.4 Å². The summed E-state index contributed by atoms with van der Waals surface area (Å²) < 4.78 is 0. The van der Waals surface area contributed by atoms with Crippen molar-refractivity contribution in [3.63, 3.8) is 0 Å². The molecular weight excluding hydrogens is 412 g/mol. The number of hydrogen-bond acceptors (Lipinski definition) is 2. The molecule has 34 heavy (non-hydrogen) atoms. The van der Waals surface area contributed by atoms with Crippen LogP contribution in [0.5, 0.6) is 0 Å². The molecule has 4 fully saturated rings. The molecule has 200 valence electrons. The van der Waals surface area contributed by atoms with E-state index in [1.807, 2.05) is 13.8 Å².